The summed E-state index contributed by atoms with van der Waals surface area (Å²) in [6.45, 7) is -3.50. The molecule has 124 valence electrons. The number of ether oxygens (including phenoxy) is 5. The van der Waals surface area contributed by atoms with E-state index in [9.17, 15) is 19.2 Å². The minimum absolute atomic E-state index is 0.424. The zero-order chi connectivity index (χ0) is 19.7. The van der Waals surface area contributed by atoms with Gasteiger partial charge in [0.2, 0.25) is 12.4 Å². The van der Waals surface area contributed by atoms with Gasteiger partial charge >= 0.3 is 23.9 Å². The standard InChI is InChI=1S/C13H18O9/c1-6(14)19-10-5-18-13(22-9(4)17)12(21-8(3)16)11(10)20-7(2)15/h10-13H,5H2,1-4H3/t10-,11+,12+,13?/m1/s1/i1D,2D,3D,4D. The first-order valence-corrected chi connectivity index (χ1v) is 5.92. The Morgan fingerprint density at radius 1 is 0.818 bits per heavy atom. The first-order valence-electron chi connectivity index (χ1n) is 8.75. The molecule has 0 bridgehead atoms. The number of hydrogen-bond acceptors (Lipinski definition) is 9. The quantitative estimate of drug-likeness (QED) is 0.508. The van der Waals surface area contributed by atoms with Crippen LogP contribution in [0, 0.1) is 0 Å². The van der Waals surface area contributed by atoms with Crippen LogP contribution in [0.15, 0.2) is 0 Å². The molecular formula is C13H18O9. The van der Waals surface area contributed by atoms with Crippen LogP contribution in [0.2, 0.25) is 0 Å². The molecule has 0 saturated carbocycles. The Morgan fingerprint density at radius 3 is 1.91 bits per heavy atom. The molecule has 4 atom stereocenters. The second-order valence-corrected chi connectivity index (χ2v) is 4.13. The van der Waals surface area contributed by atoms with E-state index >= 15 is 0 Å². The molecule has 1 aliphatic rings. The summed E-state index contributed by atoms with van der Waals surface area (Å²) in [6.07, 6.45) is -5.94. The first-order chi connectivity index (χ1) is 12.4. The largest absolute Gasteiger partial charge is 0.456 e. The molecule has 0 aromatic rings. The van der Waals surface area contributed by atoms with Gasteiger partial charge in [0.15, 0.2) is 12.2 Å². The van der Waals surface area contributed by atoms with Gasteiger partial charge in [0.05, 0.1) is 6.61 Å². The van der Waals surface area contributed by atoms with Crippen LogP contribution in [-0.4, -0.2) is 55.1 Å². The molecule has 1 heterocycles. The van der Waals surface area contributed by atoms with Crippen molar-refractivity contribution >= 4 is 23.9 Å². The fourth-order valence-electron chi connectivity index (χ4n) is 1.82. The van der Waals surface area contributed by atoms with Crippen LogP contribution in [0.1, 0.15) is 33.1 Å². The molecule has 0 N–H and O–H groups in total. The van der Waals surface area contributed by atoms with Gasteiger partial charge in [-0.25, -0.2) is 0 Å². The van der Waals surface area contributed by atoms with Crippen molar-refractivity contribution in [3.05, 3.63) is 0 Å². The van der Waals surface area contributed by atoms with Crippen molar-refractivity contribution in [3.8, 4) is 0 Å². The highest BCUT2D eigenvalue weighted by molar-refractivity contribution is 5.69. The van der Waals surface area contributed by atoms with Crippen molar-refractivity contribution in [2.24, 2.45) is 0 Å². The summed E-state index contributed by atoms with van der Waals surface area (Å²) >= 11 is 0. The van der Waals surface area contributed by atoms with Crippen LogP contribution in [0.25, 0.3) is 0 Å². The molecule has 22 heavy (non-hydrogen) atoms. The fraction of sp³-hybridized carbons (Fsp3) is 0.692. The third-order valence-corrected chi connectivity index (χ3v) is 2.45. The summed E-state index contributed by atoms with van der Waals surface area (Å²) in [5.74, 6) is -4.10. The Balaban J connectivity index is 3.10. The maximum Gasteiger partial charge on any atom is 0.305 e. The summed E-state index contributed by atoms with van der Waals surface area (Å²) in [6, 6.07) is 0. The van der Waals surface area contributed by atoms with Crippen LogP contribution >= 0.6 is 0 Å². The molecule has 0 aromatic carbocycles. The van der Waals surface area contributed by atoms with Crippen LogP contribution in [-0.2, 0) is 42.9 Å². The monoisotopic (exact) mass is 322 g/mol. The van der Waals surface area contributed by atoms with Crippen molar-refractivity contribution in [1.29, 1.82) is 0 Å². The van der Waals surface area contributed by atoms with E-state index in [1.807, 2.05) is 0 Å². The van der Waals surface area contributed by atoms with E-state index in [1.54, 1.807) is 0 Å². The molecule has 0 aromatic heterocycles. The van der Waals surface area contributed by atoms with E-state index in [4.69, 9.17) is 29.2 Å². The third-order valence-electron chi connectivity index (χ3n) is 2.45. The van der Waals surface area contributed by atoms with Gasteiger partial charge in [-0.3, -0.25) is 19.2 Å². The van der Waals surface area contributed by atoms with Crippen LogP contribution in [0.4, 0.5) is 0 Å². The minimum Gasteiger partial charge on any atom is -0.456 e. The molecule has 9 heteroatoms. The number of rotatable bonds is 4. The lowest BCUT2D eigenvalue weighted by Gasteiger charge is -2.39. The van der Waals surface area contributed by atoms with E-state index in [1.165, 1.54) is 0 Å². The second-order valence-electron chi connectivity index (χ2n) is 4.13. The molecule has 1 saturated heterocycles. The molecular weight excluding hydrogens is 300 g/mol. The highest BCUT2D eigenvalue weighted by Crippen LogP contribution is 2.25. The number of hydrogen-bond donors (Lipinski definition) is 0. The zero-order valence-electron chi connectivity index (χ0n) is 15.5. The van der Waals surface area contributed by atoms with Crippen LogP contribution in [0.5, 0.6) is 0 Å². The Kier molecular flexibility index (Phi) is 4.36. The number of carbonyl (C=O) groups is 4. The van der Waals surface area contributed by atoms with Gasteiger partial charge in [-0.15, -0.1) is 0 Å². The Hall–Kier alpha value is -2.16. The molecule has 0 spiro atoms. The summed E-state index contributed by atoms with van der Waals surface area (Å²) in [4.78, 5) is 45.8. The average Bonchev–Trinajstić information content (AvgIpc) is 2.65. The van der Waals surface area contributed by atoms with E-state index in [0.29, 0.717) is 0 Å². The Labute approximate surface area is 132 Å². The van der Waals surface area contributed by atoms with Crippen LogP contribution < -0.4 is 0 Å². The van der Waals surface area contributed by atoms with Crippen molar-refractivity contribution in [2.45, 2.75) is 52.2 Å². The second kappa shape index (κ2) is 7.74. The Bertz CT molecular complexity index is 484. The summed E-state index contributed by atoms with van der Waals surface area (Å²) in [5.41, 5.74) is 0. The van der Waals surface area contributed by atoms with E-state index in [2.05, 4.69) is 0 Å². The van der Waals surface area contributed by atoms with Crippen molar-refractivity contribution in [1.82, 2.24) is 0 Å². The normalized spacial score (nSPS) is 29.8. The molecule has 1 rings (SSSR count). The lowest BCUT2D eigenvalue weighted by Crippen LogP contribution is -2.58. The predicted octanol–water partition coefficient (Wildman–Crippen LogP) is -0.299. The van der Waals surface area contributed by atoms with Crippen LogP contribution in [0.3, 0.4) is 0 Å². The summed E-state index contributed by atoms with van der Waals surface area (Å²) in [5, 5.41) is 0. The zero-order valence-corrected chi connectivity index (χ0v) is 11.5. The van der Waals surface area contributed by atoms with Gasteiger partial charge in [-0.05, 0) is 0 Å². The third kappa shape index (κ3) is 5.32. The smallest absolute Gasteiger partial charge is 0.305 e. The lowest BCUT2D eigenvalue weighted by atomic mass is 10.0. The SMILES string of the molecule is [2H]CC(=O)OC1OC[C@@H](OC(=O)C[2H])[C@H](OC(=O)C[2H])[C@@H]1OC(=O)C[2H]. The topological polar surface area (TPSA) is 114 Å². The minimum atomic E-state index is -1.59. The molecule has 1 unspecified atom stereocenters. The molecule has 0 radical (unpaired) electrons. The van der Waals surface area contributed by atoms with Crippen molar-refractivity contribution in [3.63, 3.8) is 0 Å². The Morgan fingerprint density at radius 2 is 1.32 bits per heavy atom. The van der Waals surface area contributed by atoms with Crippen molar-refractivity contribution in [2.75, 3.05) is 6.61 Å². The fourth-order valence-corrected chi connectivity index (χ4v) is 1.82. The van der Waals surface area contributed by atoms with Gasteiger partial charge in [-0.2, -0.15) is 0 Å². The van der Waals surface area contributed by atoms with Gasteiger partial charge < -0.3 is 23.7 Å². The summed E-state index contributed by atoms with van der Waals surface area (Å²) < 4.78 is 52.8. The summed E-state index contributed by atoms with van der Waals surface area (Å²) in [7, 11) is 0. The van der Waals surface area contributed by atoms with E-state index < -0.39 is 82.7 Å². The first kappa shape index (κ1) is 12.4. The van der Waals surface area contributed by atoms with E-state index in [-0.39, 0.29) is 0 Å². The maximum absolute atomic E-state index is 11.5. The van der Waals surface area contributed by atoms with Gasteiger partial charge in [0.25, 0.3) is 0 Å². The predicted molar refractivity (Wildman–Crippen MR) is 68.2 cm³/mol. The van der Waals surface area contributed by atoms with Gasteiger partial charge in [0, 0.05) is 33.1 Å². The molecule has 9 nitrogen and oxygen atoms in total. The van der Waals surface area contributed by atoms with E-state index in [0.717, 1.165) is 0 Å². The number of carbonyl (C=O) groups excluding carboxylic acids is 4. The molecule has 1 aliphatic heterocycles. The number of esters is 4. The van der Waals surface area contributed by atoms with Crippen molar-refractivity contribution < 1.29 is 48.3 Å². The van der Waals surface area contributed by atoms with Gasteiger partial charge in [-0.1, -0.05) is 0 Å². The lowest BCUT2D eigenvalue weighted by molar-refractivity contribution is -0.273. The average molecular weight is 322 g/mol. The molecule has 1 fully saturated rings. The molecule has 0 amide bonds. The maximum atomic E-state index is 11.5. The van der Waals surface area contributed by atoms with Gasteiger partial charge in [0.1, 0.15) is 0 Å². The molecule has 0 aliphatic carbocycles. The highest BCUT2D eigenvalue weighted by Gasteiger charge is 2.48. The highest BCUT2D eigenvalue weighted by atomic mass is 16.7.